The SMILES string of the molecule is Fc1ccc(C2[CH]C=CC2)cc1Cl. The first-order valence-electron chi connectivity index (χ1n) is 4.22. The molecule has 0 aromatic heterocycles. The lowest BCUT2D eigenvalue weighted by molar-refractivity contribution is 0.626. The number of benzene rings is 1. The Balaban J connectivity index is 2.26. The maximum absolute atomic E-state index is 12.8. The molecule has 0 heterocycles. The van der Waals surface area contributed by atoms with Crippen molar-refractivity contribution in [2.45, 2.75) is 12.3 Å². The van der Waals surface area contributed by atoms with Crippen molar-refractivity contribution in [1.29, 1.82) is 0 Å². The molecule has 0 bridgehead atoms. The van der Waals surface area contributed by atoms with Crippen LogP contribution in [0.2, 0.25) is 5.02 Å². The molecule has 0 aliphatic heterocycles. The number of hydrogen-bond acceptors (Lipinski definition) is 0. The zero-order chi connectivity index (χ0) is 9.26. The summed E-state index contributed by atoms with van der Waals surface area (Å²) < 4.78 is 12.8. The van der Waals surface area contributed by atoms with Crippen LogP contribution < -0.4 is 0 Å². The molecule has 0 nitrogen and oxygen atoms in total. The number of rotatable bonds is 1. The molecule has 1 atom stereocenters. The van der Waals surface area contributed by atoms with Crippen LogP contribution >= 0.6 is 11.6 Å². The summed E-state index contributed by atoms with van der Waals surface area (Å²) in [4.78, 5) is 0. The second-order valence-electron chi connectivity index (χ2n) is 3.14. The highest BCUT2D eigenvalue weighted by Gasteiger charge is 2.14. The Hall–Kier alpha value is -0.820. The van der Waals surface area contributed by atoms with Gasteiger partial charge in [0.2, 0.25) is 0 Å². The van der Waals surface area contributed by atoms with Crippen molar-refractivity contribution in [1.82, 2.24) is 0 Å². The molecule has 2 rings (SSSR count). The van der Waals surface area contributed by atoms with Crippen molar-refractivity contribution >= 4 is 11.6 Å². The van der Waals surface area contributed by atoms with E-state index < -0.39 is 0 Å². The van der Waals surface area contributed by atoms with Crippen LogP contribution in [0.15, 0.2) is 30.4 Å². The van der Waals surface area contributed by atoms with Crippen LogP contribution in [-0.4, -0.2) is 0 Å². The van der Waals surface area contributed by atoms with Gasteiger partial charge in [-0.25, -0.2) is 4.39 Å². The van der Waals surface area contributed by atoms with Crippen LogP contribution in [0.1, 0.15) is 17.9 Å². The van der Waals surface area contributed by atoms with E-state index in [1.807, 2.05) is 6.08 Å². The zero-order valence-electron chi connectivity index (χ0n) is 7.00. The van der Waals surface area contributed by atoms with Crippen molar-refractivity contribution in [3.63, 3.8) is 0 Å². The Morgan fingerprint density at radius 1 is 1.38 bits per heavy atom. The third-order valence-corrected chi connectivity index (χ3v) is 2.53. The van der Waals surface area contributed by atoms with E-state index in [9.17, 15) is 4.39 Å². The summed E-state index contributed by atoms with van der Waals surface area (Å²) in [5, 5.41) is 0.206. The van der Waals surface area contributed by atoms with E-state index >= 15 is 0 Å². The highest BCUT2D eigenvalue weighted by atomic mass is 35.5. The summed E-state index contributed by atoms with van der Waals surface area (Å²) in [5.74, 6) is 0.0227. The Labute approximate surface area is 82.0 Å². The monoisotopic (exact) mass is 195 g/mol. The Kier molecular flexibility index (Phi) is 2.36. The smallest absolute Gasteiger partial charge is 0.141 e. The summed E-state index contributed by atoms with van der Waals surface area (Å²) in [6, 6.07) is 4.91. The first-order chi connectivity index (χ1) is 6.27. The molecule has 0 saturated heterocycles. The highest BCUT2D eigenvalue weighted by Crippen LogP contribution is 2.30. The molecule has 1 aromatic carbocycles. The lowest BCUT2D eigenvalue weighted by Crippen LogP contribution is -1.93. The number of allylic oxidation sites excluding steroid dienone is 2. The topological polar surface area (TPSA) is 0 Å². The fourth-order valence-corrected chi connectivity index (χ4v) is 1.70. The molecule has 13 heavy (non-hydrogen) atoms. The highest BCUT2D eigenvalue weighted by molar-refractivity contribution is 6.30. The van der Waals surface area contributed by atoms with E-state index in [1.54, 1.807) is 12.1 Å². The van der Waals surface area contributed by atoms with Crippen molar-refractivity contribution in [3.8, 4) is 0 Å². The molecule has 1 aliphatic rings. The minimum Gasteiger partial charge on any atom is -0.205 e. The van der Waals surface area contributed by atoms with Crippen LogP contribution in [0.5, 0.6) is 0 Å². The number of hydrogen-bond donors (Lipinski definition) is 0. The van der Waals surface area contributed by atoms with Gasteiger partial charge in [-0.15, -0.1) is 0 Å². The van der Waals surface area contributed by atoms with E-state index in [-0.39, 0.29) is 10.8 Å². The first-order valence-corrected chi connectivity index (χ1v) is 4.60. The van der Waals surface area contributed by atoms with Crippen molar-refractivity contribution in [2.24, 2.45) is 0 Å². The normalized spacial score (nSPS) is 16.8. The molecule has 0 saturated carbocycles. The molecule has 0 N–H and O–H groups in total. The maximum Gasteiger partial charge on any atom is 0.141 e. The average Bonchev–Trinajstić information content (AvgIpc) is 2.62. The van der Waals surface area contributed by atoms with Gasteiger partial charge in [-0.2, -0.15) is 0 Å². The van der Waals surface area contributed by atoms with Crippen LogP contribution in [0.25, 0.3) is 0 Å². The molecule has 67 valence electrons. The van der Waals surface area contributed by atoms with E-state index in [0.717, 1.165) is 12.0 Å². The van der Waals surface area contributed by atoms with E-state index in [4.69, 9.17) is 11.6 Å². The Morgan fingerprint density at radius 2 is 2.23 bits per heavy atom. The summed E-state index contributed by atoms with van der Waals surface area (Å²) in [6.45, 7) is 0. The third kappa shape index (κ3) is 1.75. The van der Waals surface area contributed by atoms with Crippen LogP contribution in [-0.2, 0) is 0 Å². The maximum atomic E-state index is 12.8. The van der Waals surface area contributed by atoms with Gasteiger partial charge < -0.3 is 0 Å². The quantitative estimate of drug-likeness (QED) is 0.641. The molecular formula is C11H9ClF. The van der Waals surface area contributed by atoms with Gasteiger partial charge in [-0.1, -0.05) is 29.8 Å². The van der Waals surface area contributed by atoms with Gasteiger partial charge in [-0.05, 0) is 36.5 Å². The van der Waals surface area contributed by atoms with Crippen molar-refractivity contribution in [3.05, 3.63) is 53.2 Å². The second-order valence-corrected chi connectivity index (χ2v) is 3.54. The largest absolute Gasteiger partial charge is 0.205 e. The van der Waals surface area contributed by atoms with E-state index in [2.05, 4.69) is 12.5 Å². The van der Waals surface area contributed by atoms with Gasteiger partial charge in [0.25, 0.3) is 0 Å². The fraction of sp³-hybridized carbons (Fsp3) is 0.182. The van der Waals surface area contributed by atoms with Gasteiger partial charge in [0.15, 0.2) is 0 Å². The standard InChI is InChI=1S/C11H9ClF/c12-10-7-9(5-6-11(10)13)8-3-1-2-4-8/h1-3,5-8H,4H2. The van der Waals surface area contributed by atoms with Gasteiger partial charge in [0.05, 0.1) is 5.02 Å². The van der Waals surface area contributed by atoms with Gasteiger partial charge >= 0.3 is 0 Å². The molecule has 0 fully saturated rings. The molecule has 1 radical (unpaired) electrons. The molecule has 2 heteroatoms. The lowest BCUT2D eigenvalue weighted by atomic mass is 9.97. The summed E-state index contributed by atoms with van der Waals surface area (Å²) >= 11 is 5.68. The predicted octanol–water partition coefficient (Wildman–Crippen LogP) is 3.73. The number of halogens is 2. The van der Waals surface area contributed by atoms with Crippen LogP contribution in [0.4, 0.5) is 4.39 Å². The Morgan fingerprint density at radius 3 is 2.85 bits per heavy atom. The van der Waals surface area contributed by atoms with Crippen LogP contribution in [0, 0.1) is 12.2 Å². The van der Waals surface area contributed by atoms with E-state index in [0.29, 0.717) is 5.92 Å². The molecule has 1 unspecified atom stereocenters. The van der Waals surface area contributed by atoms with Crippen molar-refractivity contribution < 1.29 is 4.39 Å². The summed E-state index contributed by atoms with van der Waals surface area (Å²) in [6.07, 6.45) is 7.22. The first kappa shape index (κ1) is 8.76. The van der Waals surface area contributed by atoms with Gasteiger partial charge in [-0.3, -0.25) is 0 Å². The molecule has 0 spiro atoms. The molecule has 1 aliphatic carbocycles. The lowest BCUT2D eigenvalue weighted by Gasteiger charge is -2.09. The second kappa shape index (κ2) is 3.51. The Bertz CT molecular complexity index is 336. The van der Waals surface area contributed by atoms with E-state index in [1.165, 1.54) is 6.07 Å². The minimum absolute atomic E-state index is 0.206. The van der Waals surface area contributed by atoms with Gasteiger partial charge in [0.1, 0.15) is 5.82 Å². The molecule has 1 aromatic rings. The average molecular weight is 196 g/mol. The van der Waals surface area contributed by atoms with Gasteiger partial charge in [0, 0.05) is 0 Å². The minimum atomic E-state index is -0.351. The third-order valence-electron chi connectivity index (χ3n) is 2.24. The summed E-state index contributed by atoms with van der Waals surface area (Å²) in [5.41, 5.74) is 1.08. The van der Waals surface area contributed by atoms with Crippen molar-refractivity contribution in [2.75, 3.05) is 0 Å². The molecule has 0 amide bonds. The summed E-state index contributed by atoms with van der Waals surface area (Å²) in [7, 11) is 0. The van der Waals surface area contributed by atoms with Crippen LogP contribution in [0.3, 0.4) is 0 Å². The predicted molar refractivity (Wildman–Crippen MR) is 52.2 cm³/mol. The fourth-order valence-electron chi connectivity index (χ4n) is 1.51. The zero-order valence-corrected chi connectivity index (χ0v) is 7.76. The molecular weight excluding hydrogens is 187 g/mol.